The molecular weight excluding hydrogens is 342 g/mol. The first-order valence-corrected chi connectivity index (χ1v) is 8.89. The Morgan fingerprint density at radius 2 is 1.54 bits per heavy atom. The first kappa shape index (κ1) is 16.6. The lowest BCUT2D eigenvalue weighted by Gasteiger charge is -2.15. The number of benzene rings is 3. The monoisotopic (exact) mass is 359 g/mol. The van der Waals surface area contributed by atoms with E-state index in [-0.39, 0.29) is 0 Å². The van der Waals surface area contributed by atoms with Crippen molar-refractivity contribution in [3.63, 3.8) is 0 Å². The molecule has 0 amide bonds. The highest BCUT2D eigenvalue weighted by molar-refractivity contribution is 6.33. The van der Waals surface area contributed by atoms with Crippen LogP contribution >= 0.6 is 11.6 Å². The van der Waals surface area contributed by atoms with Gasteiger partial charge in [-0.25, -0.2) is 4.98 Å². The van der Waals surface area contributed by atoms with Crippen molar-refractivity contribution in [2.24, 2.45) is 0 Å². The molecule has 0 bridgehead atoms. The third-order valence-electron chi connectivity index (χ3n) is 4.56. The van der Waals surface area contributed by atoms with Crippen LogP contribution in [0, 0.1) is 0 Å². The van der Waals surface area contributed by atoms with E-state index in [9.17, 15) is 0 Å². The number of hydrogen-bond acceptors (Lipinski definition) is 2. The van der Waals surface area contributed by atoms with Crippen molar-refractivity contribution in [1.82, 2.24) is 4.98 Å². The van der Waals surface area contributed by atoms with Gasteiger partial charge in [-0.1, -0.05) is 72.3 Å². The maximum Gasteiger partial charge on any atom is 0.137 e. The fourth-order valence-corrected chi connectivity index (χ4v) is 3.59. The molecule has 3 aromatic carbocycles. The van der Waals surface area contributed by atoms with Gasteiger partial charge in [-0.15, -0.1) is 0 Å². The van der Waals surface area contributed by atoms with Crippen LogP contribution in [0.3, 0.4) is 0 Å². The van der Waals surface area contributed by atoms with Gasteiger partial charge in [0.05, 0.1) is 12.6 Å². The molecule has 0 radical (unpaired) electrons. The molecule has 4 aromatic rings. The summed E-state index contributed by atoms with van der Waals surface area (Å²) in [5.41, 5.74) is 5.40. The fourth-order valence-electron chi connectivity index (χ4n) is 3.28. The summed E-state index contributed by atoms with van der Waals surface area (Å²) in [6.07, 6.45) is 0.775. The second-order valence-electron chi connectivity index (χ2n) is 6.16. The van der Waals surface area contributed by atoms with Gasteiger partial charge in [0.15, 0.2) is 0 Å². The lowest BCUT2D eigenvalue weighted by molar-refractivity contribution is 0.414. The third-order valence-corrected chi connectivity index (χ3v) is 4.83. The van der Waals surface area contributed by atoms with E-state index in [1.54, 1.807) is 7.11 Å². The Morgan fingerprint density at radius 3 is 2.27 bits per heavy atom. The van der Waals surface area contributed by atoms with E-state index < -0.39 is 0 Å². The van der Waals surface area contributed by atoms with Crippen LogP contribution in [0.15, 0.2) is 78.9 Å². The summed E-state index contributed by atoms with van der Waals surface area (Å²) in [6, 6.07) is 26.5. The summed E-state index contributed by atoms with van der Waals surface area (Å²) in [5.74, 6) is 0.856. The molecule has 0 atom stereocenters. The number of hydrogen-bond donors (Lipinski definition) is 0. The maximum atomic E-state index is 6.63. The second kappa shape index (κ2) is 7.19. The zero-order valence-electron chi connectivity index (χ0n) is 14.4. The Bertz CT molecular complexity index is 1040. The molecule has 0 N–H and O–H groups in total. The molecule has 0 unspecified atom stereocenters. The first-order valence-electron chi connectivity index (χ1n) is 8.52. The molecule has 0 saturated carbocycles. The van der Waals surface area contributed by atoms with Gasteiger partial charge in [0.2, 0.25) is 0 Å². The SMILES string of the molecule is COc1ccc(Cc2c(-c3ccccc3)c(Cl)nc3ccccc23)cc1. The van der Waals surface area contributed by atoms with E-state index >= 15 is 0 Å². The number of fused-ring (bicyclic) bond motifs is 1. The Morgan fingerprint density at radius 1 is 0.846 bits per heavy atom. The zero-order chi connectivity index (χ0) is 17.9. The van der Waals surface area contributed by atoms with Gasteiger partial charge < -0.3 is 4.74 Å². The Balaban J connectivity index is 1.92. The first-order chi connectivity index (χ1) is 12.8. The van der Waals surface area contributed by atoms with E-state index in [1.165, 1.54) is 11.1 Å². The highest BCUT2D eigenvalue weighted by Gasteiger charge is 2.16. The average Bonchev–Trinajstić information content (AvgIpc) is 2.69. The Labute approximate surface area is 158 Å². The highest BCUT2D eigenvalue weighted by atomic mass is 35.5. The smallest absolute Gasteiger partial charge is 0.137 e. The number of rotatable bonds is 4. The number of nitrogens with zero attached hydrogens (tertiary/aromatic N) is 1. The minimum absolute atomic E-state index is 0.540. The van der Waals surface area contributed by atoms with Crippen LogP contribution in [0.25, 0.3) is 22.0 Å². The molecule has 0 fully saturated rings. The van der Waals surface area contributed by atoms with E-state index in [1.807, 2.05) is 48.5 Å². The highest BCUT2D eigenvalue weighted by Crippen LogP contribution is 2.36. The van der Waals surface area contributed by atoms with Crippen molar-refractivity contribution in [2.75, 3.05) is 7.11 Å². The van der Waals surface area contributed by atoms with Crippen LogP contribution in [0.5, 0.6) is 5.75 Å². The molecule has 0 aliphatic carbocycles. The predicted molar refractivity (Wildman–Crippen MR) is 108 cm³/mol. The molecular formula is C23H18ClNO. The van der Waals surface area contributed by atoms with Crippen LogP contribution in [0.2, 0.25) is 5.15 Å². The number of ether oxygens (including phenoxy) is 1. The van der Waals surface area contributed by atoms with Crippen LogP contribution in [-0.4, -0.2) is 12.1 Å². The molecule has 0 saturated heterocycles. The van der Waals surface area contributed by atoms with Crippen LogP contribution in [0.1, 0.15) is 11.1 Å². The number of halogens is 1. The normalized spacial score (nSPS) is 10.8. The van der Waals surface area contributed by atoms with Crippen LogP contribution in [-0.2, 0) is 6.42 Å². The third kappa shape index (κ3) is 3.16. The summed E-state index contributed by atoms with van der Waals surface area (Å²) >= 11 is 6.63. The molecule has 1 heterocycles. The zero-order valence-corrected chi connectivity index (χ0v) is 15.2. The van der Waals surface area contributed by atoms with Gasteiger partial charge in [-0.05, 0) is 41.3 Å². The lowest BCUT2D eigenvalue weighted by atomic mass is 9.93. The van der Waals surface area contributed by atoms with Gasteiger partial charge >= 0.3 is 0 Å². The lowest BCUT2D eigenvalue weighted by Crippen LogP contribution is -1.98. The van der Waals surface area contributed by atoms with Gasteiger partial charge in [-0.2, -0.15) is 0 Å². The molecule has 3 heteroatoms. The van der Waals surface area contributed by atoms with Crippen molar-refractivity contribution < 1.29 is 4.74 Å². The van der Waals surface area contributed by atoms with Gasteiger partial charge in [0.25, 0.3) is 0 Å². The molecule has 26 heavy (non-hydrogen) atoms. The molecule has 0 aliphatic heterocycles. The quantitative estimate of drug-likeness (QED) is 0.407. The summed E-state index contributed by atoms with van der Waals surface area (Å²) in [4.78, 5) is 4.63. The van der Waals surface area contributed by atoms with E-state index in [0.717, 1.165) is 34.2 Å². The minimum atomic E-state index is 0.540. The van der Waals surface area contributed by atoms with E-state index in [2.05, 4.69) is 35.3 Å². The Kier molecular flexibility index (Phi) is 4.59. The van der Waals surface area contributed by atoms with Gasteiger partial charge in [-0.3, -0.25) is 0 Å². The van der Waals surface area contributed by atoms with Crippen LogP contribution in [0.4, 0.5) is 0 Å². The number of methoxy groups -OCH3 is 1. The summed E-state index contributed by atoms with van der Waals surface area (Å²) in [6.45, 7) is 0. The molecule has 128 valence electrons. The van der Waals surface area contributed by atoms with Crippen molar-refractivity contribution in [3.05, 3.63) is 95.1 Å². The van der Waals surface area contributed by atoms with Gasteiger partial charge in [0, 0.05) is 10.9 Å². The summed E-state index contributed by atoms with van der Waals surface area (Å²) in [7, 11) is 1.68. The van der Waals surface area contributed by atoms with E-state index in [4.69, 9.17) is 16.3 Å². The Hall–Kier alpha value is -2.84. The van der Waals surface area contributed by atoms with Gasteiger partial charge in [0.1, 0.15) is 10.9 Å². The van der Waals surface area contributed by atoms with Crippen molar-refractivity contribution in [2.45, 2.75) is 6.42 Å². The molecule has 1 aromatic heterocycles. The summed E-state index contributed by atoms with van der Waals surface area (Å²) in [5, 5.41) is 1.67. The van der Waals surface area contributed by atoms with Crippen LogP contribution < -0.4 is 4.74 Å². The van der Waals surface area contributed by atoms with E-state index in [0.29, 0.717) is 5.15 Å². The minimum Gasteiger partial charge on any atom is -0.497 e. The number of pyridine rings is 1. The maximum absolute atomic E-state index is 6.63. The molecule has 2 nitrogen and oxygen atoms in total. The second-order valence-corrected chi connectivity index (χ2v) is 6.52. The van der Waals surface area contributed by atoms with Crippen molar-refractivity contribution in [1.29, 1.82) is 0 Å². The number of aromatic nitrogens is 1. The molecule has 0 aliphatic rings. The summed E-state index contributed by atoms with van der Waals surface area (Å²) < 4.78 is 5.27. The topological polar surface area (TPSA) is 22.1 Å². The van der Waals surface area contributed by atoms with Crippen molar-refractivity contribution >= 4 is 22.5 Å². The average molecular weight is 360 g/mol. The predicted octanol–water partition coefficient (Wildman–Crippen LogP) is 6.15. The number of para-hydroxylation sites is 1. The fraction of sp³-hybridized carbons (Fsp3) is 0.0870. The largest absolute Gasteiger partial charge is 0.497 e. The van der Waals surface area contributed by atoms with Crippen molar-refractivity contribution in [3.8, 4) is 16.9 Å². The standard InChI is InChI=1S/C23H18ClNO/c1-26-18-13-11-16(12-14-18)15-20-19-9-5-6-10-21(19)25-23(24)22(20)17-7-3-2-4-8-17/h2-14H,15H2,1H3. The molecule has 0 spiro atoms. The molecule has 4 rings (SSSR count).